The average Bonchev–Trinajstić information content (AvgIpc) is 3.62. The molecule has 0 aromatic carbocycles. The van der Waals surface area contributed by atoms with Crippen LogP contribution in [0.2, 0.25) is 0 Å². The second kappa shape index (κ2) is 38.0. The zero-order valence-corrected chi connectivity index (χ0v) is 35.3. The van der Waals surface area contributed by atoms with Gasteiger partial charge in [-0.1, -0.05) is 245 Å². The van der Waals surface area contributed by atoms with Crippen LogP contribution in [0.15, 0.2) is 12.4 Å². The highest BCUT2D eigenvalue weighted by Gasteiger charge is 2.25. The van der Waals surface area contributed by atoms with E-state index in [0.29, 0.717) is 12.0 Å². The molecule has 2 unspecified atom stereocenters. The molecule has 0 aliphatic carbocycles. The van der Waals surface area contributed by atoms with E-state index in [0.717, 1.165) is 0 Å². The molecular weight excluding hydrogens is 605 g/mol. The minimum absolute atomic E-state index is 0.617. The number of rotatable bonds is 41. The lowest BCUT2D eigenvalue weighted by Crippen LogP contribution is -2.41. The molecular formula is C48H95N2+. The Hall–Kier alpha value is -0.790. The van der Waals surface area contributed by atoms with Gasteiger partial charge in [0.05, 0.1) is 12.0 Å². The molecule has 50 heavy (non-hydrogen) atoms. The third kappa shape index (κ3) is 28.8. The predicted molar refractivity (Wildman–Crippen MR) is 226 cm³/mol. The van der Waals surface area contributed by atoms with Gasteiger partial charge >= 0.3 is 0 Å². The molecule has 296 valence electrons. The van der Waals surface area contributed by atoms with Gasteiger partial charge in [0.25, 0.3) is 5.82 Å². The van der Waals surface area contributed by atoms with Crippen molar-refractivity contribution in [2.24, 2.45) is 0 Å². The van der Waals surface area contributed by atoms with Crippen molar-refractivity contribution in [2.75, 3.05) is 0 Å². The summed E-state index contributed by atoms with van der Waals surface area (Å²) in [5.74, 6) is 2.25. The maximum absolute atomic E-state index is 3.78. The molecule has 0 spiro atoms. The largest absolute Gasteiger partial charge is 0.257 e. The molecule has 0 saturated carbocycles. The third-order valence-electron chi connectivity index (χ3n) is 11.9. The molecule has 2 atom stereocenters. The monoisotopic (exact) mass is 700 g/mol. The van der Waals surface area contributed by atoms with Gasteiger partial charge in [0.1, 0.15) is 12.4 Å². The van der Waals surface area contributed by atoms with Crippen molar-refractivity contribution in [1.29, 1.82) is 0 Å². The van der Waals surface area contributed by atoms with Crippen LogP contribution in [0, 0.1) is 0 Å². The van der Waals surface area contributed by atoms with Crippen molar-refractivity contribution in [3.05, 3.63) is 18.2 Å². The minimum atomic E-state index is 0.617. The topological polar surface area (TPSA) is 19.7 Å². The number of aromatic nitrogens is 2. The second-order valence-electron chi connectivity index (χ2n) is 16.8. The number of unbranched alkanes of at least 4 members (excludes halogenated alkanes) is 33. The number of hydrogen-bond acceptors (Lipinski definition) is 0. The van der Waals surface area contributed by atoms with Crippen LogP contribution in [0.25, 0.3) is 0 Å². The molecule has 0 amide bonds. The van der Waals surface area contributed by atoms with Crippen LogP contribution in [0.3, 0.4) is 0 Å². The fraction of sp³-hybridized carbons (Fsp3) is 0.938. The van der Waals surface area contributed by atoms with Gasteiger partial charge in [-0.15, -0.1) is 0 Å². The van der Waals surface area contributed by atoms with Crippen LogP contribution >= 0.6 is 0 Å². The highest BCUT2D eigenvalue weighted by atomic mass is 15.1. The van der Waals surface area contributed by atoms with Crippen LogP contribution < -0.4 is 4.57 Å². The van der Waals surface area contributed by atoms with E-state index in [-0.39, 0.29) is 0 Å². The summed E-state index contributed by atoms with van der Waals surface area (Å²) in [5, 5.41) is 0. The lowest BCUT2D eigenvalue weighted by molar-refractivity contribution is -0.727. The fourth-order valence-electron chi connectivity index (χ4n) is 8.37. The van der Waals surface area contributed by atoms with Crippen molar-refractivity contribution in [2.45, 2.75) is 290 Å². The van der Waals surface area contributed by atoms with Crippen molar-refractivity contribution in [1.82, 2.24) is 4.98 Å². The molecule has 0 saturated heterocycles. The molecule has 1 rings (SSSR count). The lowest BCUT2D eigenvalue weighted by Gasteiger charge is -2.17. The van der Waals surface area contributed by atoms with E-state index in [1.807, 2.05) is 0 Å². The van der Waals surface area contributed by atoms with E-state index in [2.05, 4.69) is 49.6 Å². The summed E-state index contributed by atoms with van der Waals surface area (Å²) in [6.45, 7) is 9.44. The number of aromatic amines is 1. The molecule has 1 aromatic heterocycles. The summed E-state index contributed by atoms with van der Waals surface area (Å²) in [6, 6.07) is 0.617. The van der Waals surface area contributed by atoms with Gasteiger partial charge in [-0.05, 0) is 32.6 Å². The van der Waals surface area contributed by atoms with Gasteiger partial charge in [0.2, 0.25) is 0 Å². The highest BCUT2D eigenvalue weighted by molar-refractivity contribution is 4.90. The van der Waals surface area contributed by atoms with E-state index < -0.39 is 0 Å². The van der Waals surface area contributed by atoms with Crippen LogP contribution in [0.4, 0.5) is 0 Å². The SMILES string of the molecule is CCCCCCCCCCCCCCCCC(CCCCCCCCCCC)c1[nH]cc[n+]1C(C)CCCCCCCCCCCCCCC. The van der Waals surface area contributed by atoms with Crippen molar-refractivity contribution >= 4 is 0 Å². The summed E-state index contributed by atoms with van der Waals surface area (Å²) in [4.78, 5) is 3.78. The Morgan fingerprint density at radius 1 is 0.380 bits per heavy atom. The third-order valence-corrected chi connectivity index (χ3v) is 11.9. The Balaban J connectivity index is 2.35. The average molecular weight is 700 g/mol. The summed E-state index contributed by atoms with van der Waals surface area (Å²) >= 11 is 0. The first-order chi connectivity index (χ1) is 24.7. The first kappa shape index (κ1) is 47.2. The second-order valence-corrected chi connectivity index (χ2v) is 16.8. The van der Waals surface area contributed by atoms with Gasteiger partial charge < -0.3 is 0 Å². The number of imidazole rings is 1. The Bertz CT molecular complexity index is 768. The molecule has 2 nitrogen and oxygen atoms in total. The molecule has 0 radical (unpaired) electrons. The van der Waals surface area contributed by atoms with Gasteiger partial charge in [-0.3, -0.25) is 0 Å². The summed E-state index contributed by atoms with van der Waals surface area (Å²) in [5.41, 5.74) is 0. The summed E-state index contributed by atoms with van der Waals surface area (Å²) < 4.78 is 2.66. The van der Waals surface area contributed by atoms with Crippen LogP contribution in [0.5, 0.6) is 0 Å². The van der Waals surface area contributed by atoms with Gasteiger partial charge in [0, 0.05) is 0 Å². The molecule has 0 aliphatic rings. The van der Waals surface area contributed by atoms with Crippen LogP contribution in [-0.4, -0.2) is 4.98 Å². The Labute approximate surface area is 316 Å². The maximum atomic E-state index is 3.78. The quantitative estimate of drug-likeness (QED) is 0.0518. The number of hydrogen-bond donors (Lipinski definition) is 1. The molecule has 1 aromatic rings. The van der Waals surface area contributed by atoms with Crippen LogP contribution in [-0.2, 0) is 0 Å². The van der Waals surface area contributed by atoms with Crippen molar-refractivity contribution in [3.63, 3.8) is 0 Å². The smallest absolute Gasteiger partial charge is 0.247 e. The van der Waals surface area contributed by atoms with E-state index in [4.69, 9.17) is 0 Å². The first-order valence-corrected chi connectivity index (χ1v) is 23.8. The molecule has 0 bridgehead atoms. The zero-order chi connectivity index (χ0) is 36.0. The number of nitrogens with one attached hydrogen (secondary N) is 1. The lowest BCUT2D eigenvalue weighted by atomic mass is 9.92. The predicted octanol–water partition coefficient (Wildman–Crippen LogP) is 17.2. The Morgan fingerprint density at radius 2 is 0.640 bits per heavy atom. The van der Waals surface area contributed by atoms with Crippen molar-refractivity contribution in [3.8, 4) is 0 Å². The van der Waals surface area contributed by atoms with E-state index >= 15 is 0 Å². The standard InChI is InChI=1S/C48H94N2/c1-5-8-11-14-17-20-22-24-26-28-31-34-37-40-43-47(42-39-36-33-29-19-16-13-10-7-3)48-49-44-45-50(48)46(4)41-38-35-32-30-27-25-23-21-18-15-12-9-6-2/h44-47H,5-43H2,1-4H3/p+1. The van der Waals surface area contributed by atoms with Gasteiger partial charge in [-0.25, -0.2) is 9.55 Å². The molecule has 2 heteroatoms. The highest BCUT2D eigenvalue weighted by Crippen LogP contribution is 2.28. The number of nitrogens with zero attached hydrogens (tertiary/aromatic N) is 1. The summed E-state index contributed by atoms with van der Waals surface area (Å²) in [7, 11) is 0. The summed E-state index contributed by atoms with van der Waals surface area (Å²) in [6.07, 6.45) is 60.6. The maximum Gasteiger partial charge on any atom is 0.257 e. The number of H-pyrrole nitrogens is 1. The Kier molecular flexibility index (Phi) is 35.8. The van der Waals surface area contributed by atoms with E-state index in [9.17, 15) is 0 Å². The molecule has 1 heterocycles. The van der Waals surface area contributed by atoms with Crippen LogP contribution in [0.1, 0.15) is 296 Å². The minimum Gasteiger partial charge on any atom is -0.247 e. The van der Waals surface area contributed by atoms with Gasteiger partial charge in [-0.2, -0.15) is 0 Å². The fourth-order valence-corrected chi connectivity index (χ4v) is 8.37. The first-order valence-electron chi connectivity index (χ1n) is 23.8. The molecule has 0 aliphatic heterocycles. The van der Waals surface area contributed by atoms with E-state index in [1.54, 1.807) is 5.82 Å². The Morgan fingerprint density at radius 3 is 0.940 bits per heavy atom. The molecule has 0 fully saturated rings. The zero-order valence-electron chi connectivity index (χ0n) is 35.3. The normalized spacial score (nSPS) is 13.0. The molecule has 1 N–H and O–H groups in total. The van der Waals surface area contributed by atoms with Crippen molar-refractivity contribution < 1.29 is 4.57 Å². The van der Waals surface area contributed by atoms with Gasteiger partial charge in [0.15, 0.2) is 0 Å². The van der Waals surface area contributed by atoms with E-state index in [1.165, 1.54) is 250 Å².